The summed E-state index contributed by atoms with van der Waals surface area (Å²) in [6.45, 7) is 9.71. The normalized spacial score (nSPS) is 12.0. The molecule has 0 aliphatic rings. The Morgan fingerprint density at radius 3 is 1.90 bits per heavy atom. The van der Waals surface area contributed by atoms with Crippen LogP contribution >= 0.6 is 0 Å². The largest absolute Gasteiger partial charge is 0.462 e. The first-order chi connectivity index (χ1) is 14.5. The van der Waals surface area contributed by atoms with Gasteiger partial charge in [-0.3, -0.25) is 0 Å². The summed E-state index contributed by atoms with van der Waals surface area (Å²) in [5, 5.41) is 0. The van der Waals surface area contributed by atoms with Crippen LogP contribution in [0.15, 0.2) is 24.3 Å². The van der Waals surface area contributed by atoms with Gasteiger partial charge in [0.1, 0.15) is 0 Å². The van der Waals surface area contributed by atoms with Gasteiger partial charge in [0, 0.05) is 0 Å². The Kier molecular flexibility index (Phi) is 13.9. The third kappa shape index (κ3) is 11.4. The molecule has 0 aromatic heterocycles. The first-order valence-electron chi connectivity index (χ1n) is 11.9. The molecule has 0 heterocycles. The van der Waals surface area contributed by atoms with Gasteiger partial charge in [0.2, 0.25) is 0 Å². The van der Waals surface area contributed by atoms with E-state index in [2.05, 4.69) is 27.7 Å². The molecule has 0 bridgehead atoms. The third-order valence-corrected chi connectivity index (χ3v) is 5.51. The first kappa shape index (κ1) is 26.2. The number of carbonyl (C=O) groups is 2. The van der Waals surface area contributed by atoms with Crippen molar-refractivity contribution < 1.29 is 19.1 Å². The summed E-state index contributed by atoms with van der Waals surface area (Å²) in [7, 11) is 0. The van der Waals surface area contributed by atoms with Crippen molar-refractivity contribution in [3.05, 3.63) is 35.4 Å². The molecule has 1 atom stereocenters. The zero-order valence-electron chi connectivity index (χ0n) is 19.6. The monoisotopic (exact) mass is 418 g/mol. The van der Waals surface area contributed by atoms with Crippen LogP contribution in [0.1, 0.15) is 113 Å². The van der Waals surface area contributed by atoms with Gasteiger partial charge in [0.25, 0.3) is 0 Å². The van der Waals surface area contributed by atoms with E-state index in [0.29, 0.717) is 30.3 Å². The lowest BCUT2D eigenvalue weighted by Gasteiger charge is -2.14. The van der Waals surface area contributed by atoms with Crippen LogP contribution < -0.4 is 0 Å². The van der Waals surface area contributed by atoms with Crippen LogP contribution in [-0.4, -0.2) is 25.2 Å². The maximum absolute atomic E-state index is 12.2. The van der Waals surface area contributed by atoms with Gasteiger partial charge in [-0.25, -0.2) is 9.59 Å². The van der Waals surface area contributed by atoms with E-state index in [1.807, 2.05) is 0 Å². The minimum absolute atomic E-state index is 0.331. The summed E-state index contributed by atoms with van der Waals surface area (Å²) in [6, 6.07) is 6.56. The van der Waals surface area contributed by atoms with Crippen LogP contribution in [0.2, 0.25) is 0 Å². The number of benzene rings is 1. The molecule has 4 nitrogen and oxygen atoms in total. The van der Waals surface area contributed by atoms with Gasteiger partial charge in [0.15, 0.2) is 0 Å². The minimum Gasteiger partial charge on any atom is -0.462 e. The van der Waals surface area contributed by atoms with Gasteiger partial charge in [-0.1, -0.05) is 79.1 Å². The number of unbranched alkanes of at least 4 members (excludes halogenated alkanes) is 5. The van der Waals surface area contributed by atoms with Gasteiger partial charge in [-0.05, 0) is 48.9 Å². The zero-order valence-corrected chi connectivity index (χ0v) is 19.6. The molecule has 170 valence electrons. The second-order valence-corrected chi connectivity index (χ2v) is 8.68. The van der Waals surface area contributed by atoms with Crippen LogP contribution in [0.25, 0.3) is 0 Å². The van der Waals surface area contributed by atoms with Gasteiger partial charge < -0.3 is 9.47 Å². The molecular weight excluding hydrogens is 376 g/mol. The summed E-state index contributed by atoms with van der Waals surface area (Å²) in [5.41, 5.74) is 0.941. The van der Waals surface area contributed by atoms with Crippen molar-refractivity contribution in [3.8, 4) is 0 Å². The third-order valence-electron chi connectivity index (χ3n) is 5.51. The molecule has 0 radical (unpaired) electrons. The topological polar surface area (TPSA) is 52.6 Å². The van der Waals surface area contributed by atoms with Crippen LogP contribution in [-0.2, 0) is 9.47 Å². The predicted octanol–water partition coefficient (Wildman–Crippen LogP) is 7.21. The summed E-state index contributed by atoms with van der Waals surface area (Å²) >= 11 is 0. The number of carbonyl (C=O) groups excluding carboxylic acids is 2. The van der Waals surface area contributed by atoms with Crippen LogP contribution in [0.3, 0.4) is 0 Å². The molecule has 4 heteroatoms. The number of rotatable bonds is 16. The molecule has 1 aromatic rings. The molecule has 0 N–H and O–H groups in total. The summed E-state index contributed by atoms with van der Waals surface area (Å²) in [6.07, 6.45) is 11.4. The zero-order chi connectivity index (χ0) is 22.2. The highest BCUT2D eigenvalue weighted by Crippen LogP contribution is 2.15. The van der Waals surface area contributed by atoms with E-state index >= 15 is 0 Å². The molecule has 0 aliphatic carbocycles. The van der Waals surface area contributed by atoms with Gasteiger partial charge in [-0.15, -0.1) is 0 Å². The van der Waals surface area contributed by atoms with Gasteiger partial charge in [-0.2, -0.15) is 0 Å². The second kappa shape index (κ2) is 15.9. The molecule has 0 amide bonds. The molecular formula is C26H42O4. The van der Waals surface area contributed by atoms with E-state index < -0.39 is 0 Å². The number of hydrogen-bond donors (Lipinski definition) is 0. The van der Waals surface area contributed by atoms with Crippen molar-refractivity contribution in [1.29, 1.82) is 0 Å². The Morgan fingerprint density at radius 1 is 0.767 bits per heavy atom. The fourth-order valence-electron chi connectivity index (χ4n) is 3.35. The second-order valence-electron chi connectivity index (χ2n) is 8.68. The van der Waals surface area contributed by atoms with Crippen molar-refractivity contribution in [3.63, 3.8) is 0 Å². The molecule has 0 spiro atoms. The maximum Gasteiger partial charge on any atom is 0.338 e. The Morgan fingerprint density at radius 2 is 1.33 bits per heavy atom. The highest BCUT2D eigenvalue weighted by atomic mass is 16.5. The molecule has 0 saturated heterocycles. The van der Waals surface area contributed by atoms with E-state index in [1.54, 1.807) is 24.3 Å². The number of hydrogen-bond acceptors (Lipinski definition) is 4. The number of esters is 2. The molecule has 0 saturated carbocycles. The summed E-state index contributed by atoms with van der Waals surface area (Å²) < 4.78 is 10.8. The summed E-state index contributed by atoms with van der Waals surface area (Å²) in [5.74, 6) is 0.527. The Bertz CT molecular complexity index is 592. The lowest BCUT2D eigenvalue weighted by Crippen LogP contribution is -2.14. The Balaban J connectivity index is 2.28. The van der Waals surface area contributed by atoms with Crippen LogP contribution in [0, 0.1) is 11.8 Å². The van der Waals surface area contributed by atoms with E-state index in [1.165, 1.54) is 25.7 Å². The fourth-order valence-corrected chi connectivity index (χ4v) is 3.35. The SMILES string of the molecule is CCCCC(CC)COC(=O)c1ccc(C(=O)OCCCCCCCC(C)C)cc1. The van der Waals surface area contributed by atoms with E-state index in [0.717, 1.165) is 44.4 Å². The average molecular weight is 419 g/mol. The molecule has 1 rings (SSSR count). The van der Waals surface area contributed by atoms with E-state index in [4.69, 9.17) is 9.47 Å². The van der Waals surface area contributed by atoms with E-state index in [9.17, 15) is 9.59 Å². The Labute approximate surface area is 183 Å². The van der Waals surface area contributed by atoms with E-state index in [-0.39, 0.29) is 11.9 Å². The number of ether oxygens (including phenoxy) is 2. The average Bonchev–Trinajstić information content (AvgIpc) is 2.75. The maximum atomic E-state index is 12.2. The van der Waals surface area contributed by atoms with Crippen molar-refractivity contribution in [2.24, 2.45) is 11.8 Å². The van der Waals surface area contributed by atoms with Crippen LogP contribution in [0.5, 0.6) is 0 Å². The molecule has 1 unspecified atom stereocenters. The fraction of sp³-hybridized carbons (Fsp3) is 0.692. The molecule has 0 aliphatic heterocycles. The van der Waals surface area contributed by atoms with Crippen molar-refractivity contribution in [2.45, 2.75) is 91.9 Å². The smallest absolute Gasteiger partial charge is 0.338 e. The standard InChI is InChI=1S/C26H42O4/c1-5-7-14-22(6-2)20-30-26(28)24-17-15-23(16-18-24)25(27)29-19-12-10-8-9-11-13-21(3)4/h15-18,21-22H,5-14,19-20H2,1-4H3. The van der Waals surface area contributed by atoms with Gasteiger partial charge >= 0.3 is 11.9 Å². The van der Waals surface area contributed by atoms with Crippen molar-refractivity contribution >= 4 is 11.9 Å². The lowest BCUT2D eigenvalue weighted by atomic mass is 10.0. The van der Waals surface area contributed by atoms with Crippen molar-refractivity contribution in [1.82, 2.24) is 0 Å². The highest BCUT2D eigenvalue weighted by Gasteiger charge is 2.13. The molecule has 1 aromatic carbocycles. The van der Waals surface area contributed by atoms with Gasteiger partial charge in [0.05, 0.1) is 24.3 Å². The van der Waals surface area contributed by atoms with Crippen molar-refractivity contribution in [2.75, 3.05) is 13.2 Å². The van der Waals surface area contributed by atoms with Crippen LogP contribution in [0.4, 0.5) is 0 Å². The predicted molar refractivity (Wildman–Crippen MR) is 123 cm³/mol. The summed E-state index contributed by atoms with van der Waals surface area (Å²) in [4.78, 5) is 24.4. The molecule has 0 fully saturated rings. The minimum atomic E-state index is -0.333. The first-order valence-corrected chi connectivity index (χ1v) is 11.9. The lowest BCUT2D eigenvalue weighted by molar-refractivity contribution is 0.0425. The highest BCUT2D eigenvalue weighted by molar-refractivity contribution is 5.93. The Hall–Kier alpha value is -1.84. The quantitative estimate of drug-likeness (QED) is 0.210. The molecule has 30 heavy (non-hydrogen) atoms.